The third-order valence-electron chi connectivity index (χ3n) is 12.2. The van der Waals surface area contributed by atoms with Crippen LogP contribution in [0.2, 0.25) is 0 Å². The van der Waals surface area contributed by atoms with E-state index in [1.165, 1.54) is 16.8 Å². The zero-order valence-corrected chi connectivity index (χ0v) is 36.4. The highest BCUT2D eigenvalue weighted by Crippen LogP contribution is 2.29. The smallest absolute Gasteiger partial charge is 0.329 e. The molecule has 0 spiro atoms. The molecule has 3 aliphatic rings. The van der Waals surface area contributed by atoms with Crippen molar-refractivity contribution >= 4 is 35.5 Å². The monoisotopic (exact) mass is 809 g/mol. The molecule has 14 heteroatoms. The summed E-state index contributed by atoms with van der Waals surface area (Å²) in [5.74, 6) is -1.94. The minimum Gasteiger partial charge on any atom is -0.497 e. The molecule has 3 aliphatic heterocycles. The Morgan fingerprint density at radius 1 is 0.966 bits per heavy atom. The topological polar surface area (TPSA) is 167 Å². The number of rotatable bonds is 6. The van der Waals surface area contributed by atoms with E-state index >= 15 is 0 Å². The van der Waals surface area contributed by atoms with Gasteiger partial charge >= 0.3 is 5.97 Å². The normalized spacial score (nSPS) is 31.6. The second-order valence-electron chi connectivity index (χ2n) is 17.0. The molecule has 0 radical (unpaired) electrons. The number of methoxy groups -OCH3 is 1. The number of hydrogen-bond acceptors (Lipinski definition) is 10. The average molecular weight is 810 g/mol. The van der Waals surface area contributed by atoms with Gasteiger partial charge in [-0.1, -0.05) is 60.1 Å². The molecule has 2 N–H and O–H groups in total. The molecular formula is C44H67N5O9. The van der Waals surface area contributed by atoms with Gasteiger partial charge in [-0.15, -0.1) is 0 Å². The fourth-order valence-electron chi connectivity index (χ4n) is 8.03. The fraction of sp³-hybridized carbons (Fsp3) is 0.682. The van der Waals surface area contributed by atoms with Crippen LogP contribution < -0.4 is 10.1 Å². The maximum Gasteiger partial charge on any atom is 0.329 e. The van der Waals surface area contributed by atoms with Gasteiger partial charge in [-0.05, 0) is 81.1 Å². The number of benzene rings is 1. The molecule has 0 unspecified atom stereocenters. The third kappa shape index (κ3) is 11.2. The molecule has 1 fully saturated rings. The second-order valence-corrected chi connectivity index (χ2v) is 17.0. The number of fused-ring (bicyclic) bond motifs is 2. The molecule has 1 aromatic rings. The second kappa shape index (κ2) is 20.5. The van der Waals surface area contributed by atoms with Crippen LogP contribution in [0.5, 0.6) is 5.75 Å². The molecule has 0 aliphatic carbocycles. The van der Waals surface area contributed by atoms with Crippen LogP contribution in [0.3, 0.4) is 0 Å². The molecule has 14 nitrogen and oxygen atoms in total. The van der Waals surface area contributed by atoms with E-state index in [4.69, 9.17) is 14.2 Å². The minimum atomic E-state index is -1.06. The summed E-state index contributed by atoms with van der Waals surface area (Å²) in [4.78, 5) is 79.8. The summed E-state index contributed by atoms with van der Waals surface area (Å²) in [7, 11) is 4.64. The van der Waals surface area contributed by atoms with Crippen molar-refractivity contribution in [2.75, 3.05) is 34.4 Å². The number of nitrogens with one attached hydrogen (secondary N) is 1. The van der Waals surface area contributed by atoms with Crippen molar-refractivity contribution in [3.63, 3.8) is 0 Å². The Balaban J connectivity index is 1.73. The van der Waals surface area contributed by atoms with Gasteiger partial charge in [0, 0.05) is 32.6 Å². The van der Waals surface area contributed by atoms with Crippen molar-refractivity contribution in [2.45, 2.75) is 136 Å². The highest BCUT2D eigenvalue weighted by atomic mass is 16.5. The summed E-state index contributed by atoms with van der Waals surface area (Å²) in [5.41, 5.74) is 1.09. The quantitative estimate of drug-likeness (QED) is 0.401. The van der Waals surface area contributed by atoms with Crippen LogP contribution in [0.4, 0.5) is 0 Å². The number of amides is 4. The molecule has 322 valence electrons. The Morgan fingerprint density at radius 3 is 2.26 bits per heavy atom. The standard InChI is InChI=1S/C44H67N5O9/c1-12-27(5)38-43(54)49-19-13-14-35(49)44(55)58-37(25(2)3)21-26(4)20-36(50)29(7)40-45-32(24-57-40)22-28(6)39(51)46-34(23-31-15-17-33(56-11)18-16-31)42(53)47(9)30(8)41(52)48(38)10/h15-18,22,25-27,29-30,32,34-38,50H,12-14,19-21,23-24H2,1-11H3,(H,46,51)/b28-22+/t26-,27+,29+,30+,32+,34+,35+,36+,37+,38+/m1/s1. The summed E-state index contributed by atoms with van der Waals surface area (Å²) in [6, 6.07) is 2.92. The predicted molar refractivity (Wildman–Crippen MR) is 221 cm³/mol. The number of carbonyl (C=O) groups is 5. The van der Waals surface area contributed by atoms with E-state index in [-0.39, 0.29) is 36.7 Å². The third-order valence-corrected chi connectivity index (χ3v) is 12.2. The van der Waals surface area contributed by atoms with Crippen molar-refractivity contribution in [3.05, 3.63) is 41.5 Å². The van der Waals surface area contributed by atoms with Gasteiger partial charge < -0.3 is 39.3 Å². The zero-order chi connectivity index (χ0) is 43.0. The lowest BCUT2D eigenvalue weighted by Gasteiger charge is -2.38. The van der Waals surface area contributed by atoms with Crippen LogP contribution >= 0.6 is 0 Å². The summed E-state index contributed by atoms with van der Waals surface area (Å²) in [6.45, 7) is 15.5. The lowest BCUT2D eigenvalue weighted by Crippen LogP contribution is -2.59. The van der Waals surface area contributed by atoms with E-state index in [1.54, 1.807) is 51.1 Å². The number of hydrogen-bond donors (Lipinski definition) is 2. The largest absolute Gasteiger partial charge is 0.497 e. The number of cyclic esters (lactones) is 1. The molecule has 4 rings (SSSR count). The Kier molecular flexibility index (Phi) is 16.3. The minimum absolute atomic E-state index is 0.0155. The number of aliphatic imine (C=N–C) groups is 1. The molecule has 58 heavy (non-hydrogen) atoms. The molecule has 0 saturated carbocycles. The molecular weight excluding hydrogens is 743 g/mol. The average Bonchev–Trinajstić information content (AvgIpc) is 3.89. The zero-order valence-electron chi connectivity index (χ0n) is 36.4. The highest BCUT2D eigenvalue weighted by molar-refractivity contribution is 5.98. The van der Waals surface area contributed by atoms with Gasteiger partial charge in [-0.3, -0.25) is 19.2 Å². The molecule has 4 amide bonds. The van der Waals surface area contributed by atoms with Crippen molar-refractivity contribution in [3.8, 4) is 5.75 Å². The van der Waals surface area contributed by atoms with Gasteiger partial charge in [0.25, 0.3) is 0 Å². The molecule has 2 bridgehead atoms. The van der Waals surface area contributed by atoms with Gasteiger partial charge in [0.1, 0.15) is 48.7 Å². The summed E-state index contributed by atoms with van der Waals surface area (Å²) in [5, 5.41) is 14.2. The van der Waals surface area contributed by atoms with Gasteiger partial charge in [0.15, 0.2) is 5.90 Å². The molecule has 3 heterocycles. The first-order valence-electron chi connectivity index (χ1n) is 20.9. The van der Waals surface area contributed by atoms with Crippen LogP contribution in [-0.4, -0.2) is 132 Å². The van der Waals surface area contributed by atoms with E-state index in [9.17, 15) is 29.1 Å². The van der Waals surface area contributed by atoms with Crippen molar-refractivity contribution in [2.24, 2.45) is 28.7 Å². The first kappa shape index (κ1) is 46.2. The van der Waals surface area contributed by atoms with Gasteiger partial charge in [0.2, 0.25) is 23.6 Å². The van der Waals surface area contributed by atoms with Crippen LogP contribution in [0.25, 0.3) is 0 Å². The first-order valence-corrected chi connectivity index (χ1v) is 20.9. The Labute approximate surface area is 344 Å². The number of ether oxygens (including phenoxy) is 3. The summed E-state index contributed by atoms with van der Waals surface area (Å²) < 4.78 is 17.4. The number of likely N-dealkylation sites (N-methyl/N-ethyl adjacent to an activating group) is 2. The molecule has 10 atom stereocenters. The van der Waals surface area contributed by atoms with Crippen LogP contribution in [0, 0.1) is 23.7 Å². The number of aliphatic hydroxyl groups excluding tert-OH is 1. The van der Waals surface area contributed by atoms with Gasteiger partial charge in [-0.25, -0.2) is 9.79 Å². The Bertz CT molecular complexity index is 1680. The van der Waals surface area contributed by atoms with Crippen molar-refractivity contribution in [1.82, 2.24) is 20.0 Å². The van der Waals surface area contributed by atoms with E-state index in [2.05, 4.69) is 10.3 Å². The van der Waals surface area contributed by atoms with E-state index in [0.29, 0.717) is 55.9 Å². The van der Waals surface area contributed by atoms with Crippen molar-refractivity contribution < 1.29 is 43.3 Å². The Hall–Kier alpha value is -4.46. The molecule has 1 aromatic carbocycles. The molecule has 1 saturated heterocycles. The van der Waals surface area contributed by atoms with E-state index < -0.39 is 72.0 Å². The number of aliphatic hydroxyl groups is 1. The maximum atomic E-state index is 14.5. The van der Waals surface area contributed by atoms with Gasteiger partial charge in [-0.2, -0.15) is 0 Å². The highest BCUT2D eigenvalue weighted by Gasteiger charge is 2.44. The molecule has 0 aromatic heterocycles. The van der Waals surface area contributed by atoms with E-state index in [1.807, 2.05) is 53.7 Å². The number of esters is 1. The van der Waals surface area contributed by atoms with Crippen molar-refractivity contribution in [1.29, 1.82) is 0 Å². The number of nitrogens with zero attached hydrogens (tertiary/aromatic N) is 4. The van der Waals surface area contributed by atoms with E-state index in [0.717, 1.165) is 5.56 Å². The Morgan fingerprint density at radius 2 is 1.64 bits per heavy atom. The first-order chi connectivity index (χ1) is 27.4. The van der Waals surface area contributed by atoms with Crippen LogP contribution in [0.1, 0.15) is 93.1 Å². The summed E-state index contributed by atoms with van der Waals surface area (Å²) >= 11 is 0. The van der Waals surface area contributed by atoms with Crippen LogP contribution in [0.15, 0.2) is 40.9 Å². The lowest BCUT2D eigenvalue weighted by atomic mass is 9.88. The summed E-state index contributed by atoms with van der Waals surface area (Å²) in [6.07, 6.45) is 3.14. The lowest BCUT2D eigenvalue weighted by molar-refractivity contribution is -0.163. The number of carbonyl (C=O) groups excluding carboxylic acids is 5. The predicted octanol–water partition coefficient (Wildman–Crippen LogP) is 4.17. The maximum absolute atomic E-state index is 14.5. The van der Waals surface area contributed by atoms with Crippen LogP contribution in [-0.2, 0) is 39.9 Å². The SMILES string of the molecule is CC[C@H](C)[C@H]1C(=O)N2CCC[C@H]2C(=O)O[C@H](C(C)C)C[C@H](C)C[C@H](O)[C@H](C)C2=N[C@@H](/C=C(\C)C(=O)N[C@@H](Cc3ccc(OC)cc3)C(=O)N(C)[C@@H](C)C(=O)N1C)CO2. The van der Waals surface area contributed by atoms with Gasteiger partial charge in [0.05, 0.1) is 19.1 Å². The fourth-order valence-corrected chi connectivity index (χ4v) is 8.03.